The lowest BCUT2D eigenvalue weighted by Crippen LogP contribution is -2.62. The van der Waals surface area contributed by atoms with Gasteiger partial charge >= 0.3 is 18.4 Å². The first-order chi connectivity index (χ1) is 16.8. The predicted octanol–water partition coefficient (Wildman–Crippen LogP) is 5.25. The highest BCUT2D eigenvalue weighted by molar-refractivity contribution is 6.30. The van der Waals surface area contributed by atoms with Crippen molar-refractivity contribution >= 4 is 23.4 Å². The summed E-state index contributed by atoms with van der Waals surface area (Å²) in [5.74, 6) is -3.68. The van der Waals surface area contributed by atoms with E-state index in [9.17, 15) is 36.2 Å². The van der Waals surface area contributed by atoms with Crippen molar-refractivity contribution < 1.29 is 41.0 Å². The van der Waals surface area contributed by atoms with Crippen molar-refractivity contribution in [3.8, 4) is 0 Å². The number of piperazine rings is 1. The fourth-order valence-electron chi connectivity index (χ4n) is 5.69. The van der Waals surface area contributed by atoms with Crippen LogP contribution >= 0.6 is 11.6 Å². The molecule has 36 heavy (non-hydrogen) atoms. The number of halogens is 7. The van der Waals surface area contributed by atoms with Crippen molar-refractivity contribution in [2.24, 2.45) is 11.3 Å². The molecule has 1 unspecified atom stereocenters. The quantitative estimate of drug-likeness (QED) is 0.526. The maximum absolute atomic E-state index is 13.7. The van der Waals surface area contributed by atoms with Gasteiger partial charge in [0.1, 0.15) is 0 Å². The molecule has 0 bridgehead atoms. The van der Waals surface area contributed by atoms with Gasteiger partial charge in [-0.3, -0.25) is 4.90 Å². The van der Waals surface area contributed by atoms with Gasteiger partial charge in [0.05, 0.1) is 0 Å². The van der Waals surface area contributed by atoms with E-state index in [2.05, 4.69) is 4.90 Å². The predicted molar refractivity (Wildman–Crippen MR) is 120 cm³/mol. The molecule has 1 aromatic carbocycles. The number of carboxylic acid groups (broad SMARTS) is 1. The highest BCUT2D eigenvalue weighted by Crippen LogP contribution is 2.45. The number of ether oxygens (including phenoxy) is 1. The maximum atomic E-state index is 13.7. The van der Waals surface area contributed by atoms with Crippen LogP contribution in [0.4, 0.5) is 36.8 Å². The molecule has 3 saturated heterocycles. The average Bonchev–Trinajstić information content (AvgIpc) is 3.17. The molecule has 0 radical (unpaired) electrons. The third kappa shape index (κ3) is 5.80. The van der Waals surface area contributed by atoms with E-state index in [0.29, 0.717) is 47.5 Å². The summed E-state index contributed by atoms with van der Waals surface area (Å²) in [5.41, 5.74) is 1.30. The Balaban J connectivity index is 1.63. The molecule has 1 atom stereocenters. The van der Waals surface area contributed by atoms with Gasteiger partial charge in [0.15, 0.2) is 5.92 Å². The van der Waals surface area contributed by atoms with Crippen molar-refractivity contribution in [1.82, 2.24) is 9.80 Å². The number of nitrogens with zero attached hydrogens (tertiary/aromatic N) is 3. The number of hydrogen-bond acceptors (Lipinski definition) is 4. The van der Waals surface area contributed by atoms with Gasteiger partial charge in [0.25, 0.3) is 0 Å². The summed E-state index contributed by atoms with van der Waals surface area (Å²) < 4.78 is 87.5. The zero-order valence-corrected chi connectivity index (χ0v) is 20.2. The van der Waals surface area contributed by atoms with Crippen LogP contribution in [-0.4, -0.2) is 85.3 Å². The second-order valence-electron chi connectivity index (χ2n) is 9.88. The third-order valence-corrected chi connectivity index (χ3v) is 7.88. The minimum Gasteiger partial charge on any atom is -0.465 e. The monoisotopic (exact) mass is 543 g/mol. The molecule has 3 aliphatic heterocycles. The smallest absolute Gasteiger partial charge is 0.407 e. The molecule has 3 aliphatic rings. The number of carbonyl (C=O) groups is 1. The Morgan fingerprint density at radius 3 is 2.36 bits per heavy atom. The average molecular weight is 544 g/mol. The first-order valence-corrected chi connectivity index (χ1v) is 12.1. The summed E-state index contributed by atoms with van der Waals surface area (Å²) in [7, 11) is 0. The molecule has 3 heterocycles. The topological polar surface area (TPSA) is 56.2 Å². The molecule has 13 heteroatoms. The van der Waals surface area contributed by atoms with Crippen LogP contribution in [0.25, 0.3) is 0 Å². The van der Waals surface area contributed by atoms with Crippen LogP contribution in [0, 0.1) is 11.3 Å². The normalized spacial score (nSPS) is 23.6. The van der Waals surface area contributed by atoms with Crippen molar-refractivity contribution in [2.45, 2.75) is 44.2 Å². The van der Waals surface area contributed by atoms with Gasteiger partial charge in [-0.2, -0.15) is 26.3 Å². The Bertz CT molecular complexity index is 940. The first kappa shape index (κ1) is 27.1. The molecular formula is C23H28ClF6N3O3. The zero-order chi connectivity index (χ0) is 26.3. The highest BCUT2D eigenvalue weighted by Gasteiger charge is 2.62. The Morgan fingerprint density at radius 2 is 1.75 bits per heavy atom. The fraction of sp³-hybridized carbons (Fsp3) is 0.696. The van der Waals surface area contributed by atoms with Crippen LogP contribution in [0.1, 0.15) is 24.8 Å². The second-order valence-corrected chi connectivity index (χ2v) is 10.3. The van der Waals surface area contributed by atoms with Crippen molar-refractivity contribution in [1.29, 1.82) is 0 Å². The van der Waals surface area contributed by atoms with E-state index >= 15 is 0 Å². The Morgan fingerprint density at radius 1 is 1.08 bits per heavy atom. The van der Waals surface area contributed by atoms with Gasteiger partial charge < -0.3 is 19.6 Å². The van der Waals surface area contributed by atoms with Crippen LogP contribution in [0.5, 0.6) is 0 Å². The molecular weight excluding hydrogens is 516 g/mol. The van der Waals surface area contributed by atoms with Crippen LogP contribution in [0.15, 0.2) is 18.2 Å². The van der Waals surface area contributed by atoms with E-state index in [4.69, 9.17) is 16.3 Å². The molecule has 1 amide bonds. The Hall–Kier alpha value is -1.92. The largest absolute Gasteiger partial charge is 0.465 e. The zero-order valence-electron chi connectivity index (χ0n) is 19.4. The summed E-state index contributed by atoms with van der Waals surface area (Å²) in [4.78, 5) is 15.2. The molecule has 4 rings (SSSR count). The summed E-state index contributed by atoms with van der Waals surface area (Å²) in [5, 5.41) is 9.69. The Kier molecular flexibility index (Phi) is 7.60. The summed E-state index contributed by atoms with van der Waals surface area (Å²) >= 11 is 6.24. The molecule has 6 nitrogen and oxygen atoms in total. The van der Waals surface area contributed by atoms with Gasteiger partial charge in [0.2, 0.25) is 0 Å². The second kappa shape index (κ2) is 10.1. The number of amides is 1. The van der Waals surface area contributed by atoms with Gasteiger partial charge in [-0.25, -0.2) is 4.79 Å². The maximum Gasteiger partial charge on any atom is 0.407 e. The van der Waals surface area contributed by atoms with Gasteiger partial charge in [0, 0.05) is 69.2 Å². The molecule has 1 aromatic rings. The van der Waals surface area contributed by atoms with E-state index < -0.39 is 37.0 Å². The SMILES string of the molecule is O=C(O)N1CCN(Cc2ccc(Cl)cc2N2CCC3(CCOCC3)C2)C(C(C(F)(F)F)C(F)(F)F)C1. The van der Waals surface area contributed by atoms with Crippen molar-refractivity contribution in [3.63, 3.8) is 0 Å². The summed E-state index contributed by atoms with van der Waals surface area (Å²) in [6.45, 7) is 1.16. The van der Waals surface area contributed by atoms with Gasteiger partial charge in [-0.1, -0.05) is 17.7 Å². The van der Waals surface area contributed by atoms with Crippen LogP contribution < -0.4 is 4.90 Å². The lowest BCUT2D eigenvalue weighted by atomic mass is 9.80. The summed E-state index contributed by atoms with van der Waals surface area (Å²) in [6, 6.07) is 2.78. The molecule has 202 valence electrons. The standard InChI is InChI=1S/C23H28ClF6N3O3/c24-16-2-1-15(17(11-16)33-6-3-21(14-33)4-9-36-10-5-21)12-31-7-8-32(20(34)35)13-18(31)19(22(25,26)27)23(28,29)30/h1-2,11,18-19H,3-10,12-14H2,(H,34,35). The number of alkyl halides is 6. The van der Waals surface area contributed by atoms with Gasteiger partial charge in [-0.15, -0.1) is 0 Å². The molecule has 0 saturated carbocycles. The lowest BCUT2D eigenvalue weighted by molar-refractivity contribution is -0.302. The molecule has 0 aliphatic carbocycles. The third-order valence-electron chi connectivity index (χ3n) is 7.65. The van der Waals surface area contributed by atoms with E-state index in [1.165, 1.54) is 0 Å². The molecule has 1 spiro atoms. The number of rotatable bonds is 4. The fourth-order valence-corrected chi connectivity index (χ4v) is 5.86. The Labute approximate surface area is 209 Å². The molecule has 3 fully saturated rings. The minimum atomic E-state index is -5.59. The lowest BCUT2D eigenvalue weighted by Gasteiger charge is -2.45. The molecule has 0 aromatic heterocycles. The van der Waals surface area contributed by atoms with E-state index in [1.807, 2.05) is 0 Å². The number of anilines is 1. The first-order valence-electron chi connectivity index (χ1n) is 11.8. The van der Waals surface area contributed by atoms with Crippen molar-refractivity contribution in [3.05, 3.63) is 28.8 Å². The van der Waals surface area contributed by atoms with Gasteiger partial charge in [-0.05, 0) is 42.4 Å². The minimum absolute atomic E-state index is 0.0607. The summed E-state index contributed by atoms with van der Waals surface area (Å²) in [6.07, 6.45) is -10.0. The highest BCUT2D eigenvalue weighted by atomic mass is 35.5. The van der Waals surface area contributed by atoms with E-state index in [0.717, 1.165) is 24.2 Å². The van der Waals surface area contributed by atoms with Crippen LogP contribution in [0.3, 0.4) is 0 Å². The van der Waals surface area contributed by atoms with Crippen molar-refractivity contribution in [2.75, 3.05) is 50.8 Å². The number of benzene rings is 1. The molecule has 1 N–H and O–H groups in total. The number of hydrogen-bond donors (Lipinski definition) is 1. The van der Waals surface area contributed by atoms with E-state index in [1.54, 1.807) is 18.2 Å². The van der Waals surface area contributed by atoms with E-state index in [-0.39, 0.29) is 25.0 Å². The van der Waals surface area contributed by atoms with Crippen LogP contribution in [-0.2, 0) is 11.3 Å². The van der Waals surface area contributed by atoms with Crippen LogP contribution in [0.2, 0.25) is 5.02 Å².